The first-order valence-electron chi connectivity index (χ1n) is 15.7. The fourth-order valence-corrected chi connectivity index (χ4v) is 8.36. The van der Waals surface area contributed by atoms with Crippen LogP contribution in [0.3, 0.4) is 0 Å². The second-order valence-electron chi connectivity index (χ2n) is 12.7. The first-order chi connectivity index (χ1) is 19.6. The Morgan fingerprint density at radius 2 is 0.930 bits per heavy atom. The zero-order valence-electron chi connectivity index (χ0n) is 25.7. The van der Waals surface area contributed by atoms with Crippen LogP contribution < -0.4 is 0 Å². The summed E-state index contributed by atoms with van der Waals surface area (Å²) in [6.07, 6.45) is 9.68. The number of thioether (sulfide) groups is 2. The van der Waals surface area contributed by atoms with Gasteiger partial charge in [0, 0.05) is 20.3 Å². The fraction of sp³-hybridized carbons (Fsp3) is 0.632. The second kappa shape index (κ2) is 20.7. The third kappa shape index (κ3) is 14.2. The average Bonchev–Trinajstić information content (AvgIpc) is 2.96. The predicted octanol–water partition coefficient (Wildman–Crippen LogP) is 10.3. The van der Waals surface area contributed by atoms with E-state index in [0.29, 0.717) is 34.2 Å². The molecule has 0 aliphatic heterocycles. The maximum absolute atomic E-state index is 9.81. The van der Waals surface area contributed by atoms with Crippen molar-refractivity contribution in [3.8, 4) is 0 Å². The topological polar surface area (TPSA) is 60.7 Å². The molecule has 0 amide bonds. The van der Waals surface area contributed by atoms with Gasteiger partial charge in [-0.15, -0.1) is 23.5 Å². The van der Waals surface area contributed by atoms with Crippen molar-refractivity contribution < 1.29 is 15.3 Å². The van der Waals surface area contributed by atoms with Crippen LogP contribution in [-0.4, -0.2) is 44.1 Å². The van der Waals surface area contributed by atoms with Crippen LogP contribution in [0.2, 0.25) is 0 Å². The van der Waals surface area contributed by atoms with Gasteiger partial charge in [0.25, 0.3) is 0 Å². The van der Waals surface area contributed by atoms with E-state index in [0.717, 1.165) is 38.5 Å². The molecule has 0 bridgehead atoms. The summed E-state index contributed by atoms with van der Waals surface area (Å²) < 4.78 is 0. The molecule has 3 nitrogen and oxygen atoms in total. The Kier molecular flexibility index (Phi) is 19.2. The molecule has 244 valence electrons. The quantitative estimate of drug-likeness (QED) is 0.287. The summed E-state index contributed by atoms with van der Waals surface area (Å²) in [5.74, 6) is 2.03. The lowest BCUT2D eigenvalue weighted by Crippen LogP contribution is -2.28. The Balaban J connectivity index is 0.000000320. The van der Waals surface area contributed by atoms with Crippen LogP contribution in [-0.2, 0) is 0 Å². The lowest BCUT2D eigenvalue weighted by Gasteiger charge is -2.31. The van der Waals surface area contributed by atoms with Gasteiger partial charge in [0.2, 0.25) is 0 Å². The monoisotopic (exact) mass is 630 g/mol. The first kappa shape index (κ1) is 39.8. The smallest absolute Gasteiger partial charge is 0.0576 e. The van der Waals surface area contributed by atoms with Gasteiger partial charge in [-0.05, 0) is 113 Å². The van der Waals surface area contributed by atoms with E-state index in [9.17, 15) is 15.3 Å². The van der Waals surface area contributed by atoms with Crippen LogP contribution in [0.5, 0.6) is 0 Å². The number of aliphatic hydroxyl groups excluding tert-OH is 3. The lowest BCUT2D eigenvalue weighted by atomic mass is 9.78. The molecule has 3 aliphatic rings. The zero-order valence-corrected chi connectivity index (χ0v) is 27.3. The number of hydrogen-bond acceptors (Lipinski definition) is 5. The van der Waals surface area contributed by atoms with Crippen molar-refractivity contribution in [3.63, 3.8) is 0 Å². The molecule has 2 aromatic rings. The van der Waals surface area contributed by atoms with E-state index in [1.54, 1.807) is 0 Å². The van der Waals surface area contributed by atoms with Gasteiger partial charge in [0.15, 0.2) is 0 Å². The molecule has 0 heterocycles. The molecule has 0 unspecified atom stereocenters. The molecular formula is C38H62O3S2. The van der Waals surface area contributed by atoms with E-state index in [-0.39, 0.29) is 33.2 Å². The fourth-order valence-electron chi connectivity index (χ4n) is 5.86. The van der Waals surface area contributed by atoms with E-state index in [1.165, 1.54) is 34.6 Å². The maximum atomic E-state index is 9.81. The maximum Gasteiger partial charge on any atom is 0.0576 e. The van der Waals surface area contributed by atoms with Gasteiger partial charge in [-0.25, -0.2) is 0 Å². The zero-order chi connectivity index (χ0) is 29.8. The molecule has 0 radical (unpaired) electrons. The van der Waals surface area contributed by atoms with E-state index < -0.39 is 0 Å². The average molecular weight is 631 g/mol. The highest BCUT2D eigenvalue weighted by Crippen LogP contribution is 2.37. The highest BCUT2D eigenvalue weighted by Gasteiger charge is 2.28. The van der Waals surface area contributed by atoms with E-state index in [1.807, 2.05) is 35.7 Å². The van der Waals surface area contributed by atoms with Gasteiger partial charge in [0.1, 0.15) is 0 Å². The Morgan fingerprint density at radius 3 is 1.26 bits per heavy atom. The van der Waals surface area contributed by atoms with Crippen LogP contribution in [0.25, 0.3) is 0 Å². The highest BCUT2D eigenvalue weighted by atomic mass is 32.2. The minimum absolute atomic E-state index is 0. The number of rotatable bonds is 5. The summed E-state index contributed by atoms with van der Waals surface area (Å²) in [6, 6.07) is 21.0. The van der Waals surface area contributed by atoms with Gasteiger partial charge in [0.05, 0.1) is 18.3 Å². The Morgan fingerprint density at radius 1 is 0.581 bits per heavy atom. The first-order valence-corrected chi connectivity index (χ1v) is 17.5. The van der Waals surface area contributed by atoms with E-state index in [4.69, 9.17) is 0 Å². The molecule has 3 saturated carbocycles. The van der Waals surface area contributed by atoms with Crippen LogP contribution in [0.15, 0.2) is 82.6 Å². The normalized spacial score (nSPS) is 31.8. The van der Waals surface area contributed by atoms with Crippen molar-refractivity contribution >= 4 is 23.5 Å². The SMILES string of the molecule is C.C.C=C(C)[C@@H]1CC[C@@H](C)[C@H](O)C1.C[C@@H]1CC[C@@H](Sc2ccccc2)C[C@H]1O.C[C@@H]1CC[C@H](Sc2ccccc2)C[C@H]1O. The standard InChI is InChI=1S/2C13H18OS.C10H18O.2CH4/c2*1-10-7-8-12(9-13(10)14)15-11-5-3-2-4-6-11;1-7(2)9-5-4-8(3)10(11)6-9;;/h2*2-6,10,12-14H,7-9H2,1H3;8-11H,1,4-6H2,2-3H3;2*1H4/t10-,12+,13-;10-,12-,13-;8-,9-,10-;;/m111../s1. The lowest BCUT2D eigenvalue weighted by molar-refractivity contribution is 0.0614. The molecule has 0 spiro atoms. The highest BCUT2D eigenvalue weighted by molar-refractivity contribution is 8.00. The Labute approximate surface area is 273 Å². The molecule has 5 rings (SSSR count). The van der Waals surface area contributed by atoms with Crippen molar-refractivity contribution in [2.45, 2.75) is 139 Å². The summed E-state index contributed by atoms with van der Waals surface area (Å²) in [4.78, 5) is 2.65. The molecule has 0 aromatic heterocycles. The largest absolute Gasteiger partial charge is 0.393 e. The molecule has 3 N–H and O–H groups in total. The van der Waals surface area contributed by atoms with Crippen molar-refractivity contribution in [1.29, 1.82) is 0 Å². The second-order valence-corrected chi connectivity index (χ2v) is 15.5. The molecule has 5 heteroatoms. The molecular weight excluding hydrogens is 569 g/mol. The minimum Gasteiger partial charge on any atom is -0.393 e. The van der Waals surface area contributed by atoms with Gasteiger partial charge in [-0.1, -0.05) is 84.2 Å². The van der Waals surface area contributed by atoms with Gasteiger partial charge in [-0.3, -0.25) is 0 Å². The van der Waals surface area contributed by atoms with E-state index >= 15 is 0 Å². The van der Waals surface area contributed by atoms with Gasteiger partial charge < -0.3 is 15.3 Å². The van der Waals surface area contributed by atoms with Crippen LogP contribution in [0, 0.1) is 23.7 Å². The Hall–Kier alpha value is -1.24. The van der Waals surface area contributed by atoms with Crippen molar-refractivity contribution in [1.82, 2.24) is 0 Å². The molecule has 43 heavy (non-hydrogen) atoms. The van der Waals surface area contributed by atoms with Crippen molar-refractivity contribution in [3.05, 3.63) is 72.8 Å². The third-order valence-electron chi connectivity index (χ3n) is 9.15. The van der Waals surface area contributed by atoms with Gasteiger partial charge in [-0.2, -0.15) is 0 Å². The number of allylic oxidation sites excluding steroid dienone is 1. The summed E-state index contributed by atoms with van der Waals surface area (Å²) in [5, 5.41) is 30.4. The minimum atomic E-state index is -0.0973. The summed E-state index contributed by atoms with van der Waals surface area (Å²) in [7, 11) is 0. The van der Waals surface area contributed by atoms with Crippen molar-refractivity contribution in [2.24, 2.45) is 23.7 Å². The van der Waals surface area contributed by atoms with Crippen molar-refractivity contribution in [2.75, 3.05) is 0 Å². The molecule has 0 saturated heterocycles. The van der Waals surface area contributed by atoms with Gasteiger partial charge >= 0.3 is 0 Å². The van der Waals surface area contributed by atoms with Crippen LogP contribution >= 0.6 is 23.5 Å². The van der Waals surface area contributed by atoms with E-state index in [2.05, 4.69) is 82.8 Å². The predicted molar refractivity (Wildman–Crippen MR) is 191 cm³/mol. The summed E-state index contributed by atoms with van der Waals surface area (Å²) in [6.45, 7) is 12.4. The third-order valence-corrected chi connectivity index (χ3v) is 11.8. The molecule has 3 aliphatic carbocycles. The number of hydrogen-bond donors (Lipinski definition) is 3. The number of benzene rings is 2. The molecule has 3 fully saturated rings. The Bertz CT molecular complexity index is 937. The van der Waals surface area contributed by atoms with Crippen LogP contribution in [0.1, 0.15) is 100 Å². The molecule has 9 atom stereocenters. The van der Waals surface area contributed by atoms with Crippen LogP contribution in [0.4, 0.5) is 0 Å². The number of aliphatic hydroxyl groups is 3. The molecule has 2 aromatic carbocycles. The summed E-state index contributed by atoms with van der Waals surface area (Å²) in [5.41, 5.74) is 1.23. The summed E-state index contributed by atoms with van der Waals surface area (Å²) >= 11 is 3.82.